The molecular weight excluding hydrogens is 417 g/mol. The third kappa shape index (κ3) is 7.01. The Morgan fingerprint density at radius 1 is 1.29 bits per heavy atom. The molecule has 2 rings (SSSR count). The van der Waals surface area contributed by atoms with Crippen molar-refractivity contribution in [1.29, 1.82) is 0 Å². The van der Waals surface area contributed by atoms with Gasteiger partial charge in [0.1, 0.15) is 5.76 Å². The van der Waals surface area contributed by atoms with E-state index in [4.69, 9.17) is 9.15 Å². The molecule has 1 saturated carbocycles. The van der Waals surface area contributed by atoms with Gasteiger partial charge < -0.3 is 19.8 Å². The summed E-state index contributed by atoms with van der Waals surface area (Å²) in [6, 6.07) is 3.91. The first kappa shape index (κ1) is 21.3. The van der Waals surface area contributed by atoms with Crippen LogP contribution < -0.4 is 10.6 Å². The fourth-order valence-electron chi connectivity index (χ4n) is 3.11. The lowest BCUT2D eigenvalue weighted by molar-refractivity contribution is -0.0657. The summed E-state index contributed by atoms with van der Waals surface area (Å²) in [7, 11) is 1.81. The molecule has 0 amide bonds. The third-order valence-corrected chi connectivity index (χ3v) is 4.42. The Morgan fingerprint density at radius 2 is 2.08 bits per heavy atom. The van der Waals surface area contributed by atoms with Crippen LogP contribution in [0.2, 0.25) is 0 Å². The SMILES string of the molecule is CCCOC1(CNC(=NC)NCCc2ccco2)CCCCC1.I. The van der Waals surface area contributed by atoms with Crippen molar-refractivity contribution in [2.45, 2.75) is 57.5 Å². The van der Waals surface area contributed by atoms with Gasteiger partial charge in [-0.1, -0.05) is 26.2 Å². The van der Waals surface area contributed by atoms with E-state index in [1.165, 1.54) is 19.3 Å². The topological polar surface area (TPSA) is 58.8 Å². The summed E-state index contributed by atoms with van der Waals surface area (Å²) in [4.78, 5) is 4.31. The first-order valence-corrected chi connectivity index (χ1v) is 8.89. The van der Waals surface area contributed by atoms with Gasteiger partial charge in [0.15, 0.2) is 5.96 Å². The fourth-order valence-corrected chi connectivity index (χ4v) is 3.11. The van der Waals surface area contributed by atoms with Crippen LogP contribution in [0.5, 0.6) is 0 Å². The van der Waals surface area contributed by atoms with E-state index < -0.39 is 0 Å². The highest BCUT2D eigenvalue weighted by Gasteiger charge is 2.32. The maximum absolute atomic E-state index is 6.22. The molecule has 6 heteroatoms. The van der Waals surface area contributed by atoms with Crippen molar-refractivity contribution in [2.24, 2.45) is 4.99 Å². The Hall–Kier alpha value is -0.760. The molecule has 0 radical (unpaired) electrons. The molecule has 1 heterocycles. The number of hydrogen-bond acceptors (Lipinski definition) is 3. The van der Waals surface area contributed by atoms with E-state index in [0.717, 1.165) is 57.1 Å². The molecule has 1 aromatic heterocycles. The van der Waals surface area contributed by atoms with Gasteiger partial charge in [-0.25, -0.2) is 0 Å². The normalized spacial score (nSPS) is 17.2. The first-order chi connectivity index (χ1) is 11.3. The minimum Gasteiger partial charge on any atom is -0.469 e. The summed E-state index contributed by atoms with van der Waals surface area (Å²) in [5.74, 6) is 1.82. The Morgan fingerprint density at radius 3 is 2.71 bits per heavy atom. The van der Waals surface area contributed by atoms with Crippen LogP contribution in [0, 0.1) is 0 Å². The van der Waals surface area contributed by atoms with Crippen LogP contribution >= 0.6 is 24.0 Å². The molecule has 138 valence electrons. The zero-order chi connectivity index (χ0) is 16.4. The van der Waals surface area contributed by atoms with Gasteiger partial charge in [-0.3, -0.25) is 4.99 Å². The third-order valence-electron chi connectivity index (χ3n) is 4.42. The van der Waals surface area contributed by atoms with Gasteiger partial charge in [-0.15, -0.1) is 24.0 Å². The average Bonchev–Trinajstić information content (AvgIpc) is 3.10. The number of halogens is 1. The number of guanidine groups is 1. The predicted molar refractivity (Wildman–Crippen MR) is 109 cm³/mol. The molecule has 0 saturated heterocycles. The summed E-state index contributed by atoms with van der Waals surface area (Å²) in [5, 5.41) is 6.80. The van der Waals surface area contributed by atoms with Gasteiger partial charge in [0.25, 0.3) is 0 Å². The molecular formula is C18H32IN3O2. The van der Waals surface area contributed by atoms with E-state index in [1.807, 2.05) is 19.2 Å². The minimum absolute atomic E-state index is 0. The van der Waals surface area contributed by atoms with Crippen molar-refractivity contribution < 1.29 is 9.15 Å². The van der Waals surface area contributed by atoms with E-state index >= 15 is 0 Å². The van der Waals surface area contributed by atoms with Crippen molar-refractivity contribution in [3.8, 4) is 0 Å². The highest BCUT2D eigenvalue weighted by molar-refractivity contribution is 14.0. The lowest BCUT2D eigenvalue weighted by atomic mass is 9.84. The van der Waals surface area contributed by atoms with Gasteiger partial charge >= 0.3 is 0 Å². The molecule has 1 aliphatic rings. The van der Waals surface area contributed by atoms with Crippen LogP contribution in [0.3, 0.4) is 0 Å². The summed E-state index contributed by atoms with van der Waals surface area (Å²) in [6.45, 7) is 4.63. The minimum atomic E-state index is -0.0209. The number of hydrogen-bond donors (Lipinski definition) is 2. The van der Waals surface area contributed by atoms with Gasteiger partial charge in [0.05, 0.1) is 11.9 Å². The van der Waals surface area contributed by atoms with Gasteiger partial charge in [0.2, 0.25) is 0 Å². The van der Waals surface area contributed by atoms with Crippen LogP contribution in [0.15, 0.2) is 27.8 Å². The summed E-state index contributed by atoms with van der Waals surface area (Å²) < 4.78 is 11.6. The molecule has 0 aromatic carbocycles. The summed E-state index contributed by atoms with van der Waals surface area (Å²) in [6.07, 6.45) is 9.76. The maximum atomic E-state index is 6.22. The van der Waals surface area contributed by atoms with E-state index in [1.54, 1.807) is 6.26 Å². The number of nitrogens with zero attached hydrogens (tertiary/aromatic N) is 1. The Kier molecular flexibility index (Phi) is 10.4. The molecule has 1 aromatic rings. The van der Waals surface area contributed by atoms with Crippen LogP contribution in [0.25, 0.3) is 0 Å². The van der Waals surface area contributed by atoms with Crippen LogP contribution in [-0.2, 0) is 11.2 Å². The van der Waals surface area contributed by atoms with Crippen molar-refractivity contribution in [3.63, 3.8) is 0 Å². The van der Waals surface area contributed by atoms with Crippen LogP contribution in [0.1, 0.15) is 51.2 Å². The zero-order valence-electron chi connectivity index (χ0n) is 15.0. The highest BCUT2D eigenvalue weighted by atomic mass is 127. The molecule has 2 N–H and O–H groups in total. The molecule has 1 fully saturated rings. The second kappa shape index (κ2) is 11.7. The fraction of sp³-hybridized carbons (Fsp3) is 0.722. The van der Waals surface area contributed by atoms with Crippen molar-refractivity contribution >= 4 is 29.9 Å². The van der Waals surface area contributed by atoms with E-state index in [-0.39, 0.29) is 29.6 Å². The maximum Gasteiger partial charge on any atom is 0.191 e. The Labute approximate surface area is 163 Å². The summed E-state index contributed by atoms with van der Waals surface area (Å²) in [5.41, 5.74) is -0.0209. The zero-order valence-corrected chi connectivity index (χ0v) is 17.3. The smallest absolute Gasteiger partial charge is 0.191 e. The van der Waals surface area contributed by atoms with E-state index in [0.29, 0.717) is 0 Å². The number of nitrogens with one attached hydrogen (secondary N) is 2. The molecule has 0 bridgehead atoms. The molecule has 5 nitrogen and oxygen atoms in total. The lowest BCUT2D eigenvalue weighted by Crippen LogP contribution is -2.50. The van der Waals surface area contributed by atoms with E-state index in [2.05, 4.69) is 22.5 Å². The molecule has 0 spiro atoms. The number of aliphatic imine (C=N–C) groups is 1. The highest BCUT2D eigenvalue weighted by Crippen LogP contribution is 2.31. The number of rotatable bonds is 8. The Balaban J connectivity index is 0.00000288. The second-order valence-corrected chi connectivity index (χ2v) is 6.27. The van der Waals surface area contributed by atoms with Crippen molar-refractivity contribution in [3.05, 3.63) is 24.2 Å². The first-order valence-electron chi connectivity index (χ1n) is 8.89. The Bertz CT molecular complexity index is 457. The predicted octanol–water partition coefficient (Wildman–Crippen LogP) is 3.73. The van der Waals surface area contributed by atoms with E-state index in [9.17, 15) is 0 Å². The van der Waals surface area contributed by atoms with Crippen LogP contribution in [0.4, 0.5) is 0 Å². The lowest BCUT2D eigenvalue weighted by Gasteiger charge is -2.37. The molecule has 0 atom stereocenters. The molecule has 24 heavy (non-hydrogen) atoms. The average molecular weight is 449 g/mol. The van der Waals surface area contributed by atoms with Gasteiger partial charge in [-0.05, 0) is 31.4 Å². The number of ether oxygens (including phenoxy) is 1. The monoisotopic (exact) mass is 449 g/mol. The van der Waals surface area contributed by atoms with Crippen LogP contribution in [-0.4, -0.2) is 38.3 Å². The molecule has 0 unspecified atom stereocenters. The standard InChI is InChI=1S/C18H31N3O2.HI/c1-3-13-23-18(10-5-4-6-11-18)15-21-17(19-2)20-12-9-16-8-7-14-22-16;/h7-8,14H,3-6,9-13,15H2,1-2H3,(H2,19,20,21);1H. The van der Waals surface area contributed by atoms with Gasteiger partial charge in [-0.2, -0.15) is 0 Å². The second-order valence-electron chi connectivity index (χ2n) is 6.27. The quantitative estimate of drug-likeness (QED) is 0.361. The molecule has 1 aliphatic carbocycles. The number of furan rings is 1. The molecule has 0 aliphatic heterocycles. The summed E-state index contributed by atoms with van der Waals surface area (Å²) >= 11 is 0. The van der Waals surface area contributed by atoms with Crippen molar-refractivity contribution in [2.75, 3.05) is 26.7 Å². The van der Waals surface area contributed by atoms with Gasteiger partial charge in [0, 0.05) is 33.2 Å². The van der Waals surface area contributed by atoms with Crippen molar-refractivity contribution in [1.82, 2.24) is 10.6 Å². The largest absolute Gasteiger partial charge is 0.469 e.